The molecule has 0 aromatic heterocycles. The van der Waals surface area contributed by atoms with Crippen molar-refractivity contribution in [3.63, 3.8) is 0 Å². The second kappa shape index (κ2) is 10.9. The highest BCUT2D eigenvalue weighted by molar-refractivity contribution is 9.10. The van der Waals surface area contributed by atoms with Crippen molar-refractivity contribution >= 4 is 33.4 Å². The van der Waals surface area contributed by atoms with Crippen LogP contribution < -0.4 is 4.74 Å². The molecule has 1 aliphatic rings. The Morgan fingerprint density at radius 1 is 1.00 bits per heavy atom. The summed E-state index contributed by atoms with van der Waals surface area (Å²) in [5.74, 6) is -0.920. The van der Waals surface area contributed by atoms with Crippen LogP contribution in [0.15, 0.2) is 82.8 Å². The van der Waals surface area contributed by atoms with E-state index in [-0.39, 0.29) is 24.5 Å². The van der Waals surface area contributed by atoms with E-state index >= 15 is 0 Å². The van der Waals surface area contributed by atoms with Gasteiger partial charge in [0.1, 0.15) is 18.1 Å². The molecule has 0 saturated carbocycles. The van der Waals surface area contributed by atoms with E-state index in [0.717, 1.165) is 15.6 Å². The number of hydrogen-bond donors (Lipinski definition) is 1. The van der Waals surface area contributed by atoms with Crippen LogP contribution in [0.5, 0.6) is 5.75 Å². The number of likely N-dealkylation sites (tertiary alicyclic amines) is 1. The molecule has 0 aliphatic carbocycles. The maximum Gasteiger partial charge on any atom is 0.295 e. The normalized spacial score (nSPS) is 17.1. The summed E-state index contributed by atoms with van der Waals surface area (Å²) in [6.07, 6.45) is 0. The third-order valence-corrected chi connectivity index (χ3v) is 6.57. The molecule has 1 N–H and O–H groups in total. The zero-order chi connectivity index (χ0) is 24.9. The molecule has 0 bridgehead atoms. The minimum Gasteiger partial charge on any atom is -0.507 e. The molecule has 1 heterocycles. The van der Waals surface area contributed by atoms with Crippen LogP contribution in [-0.4, -0.2) is 42.0 Å². The predicted octanol–water partition coefficient (Wildman–Crippen LogP) is 5.40. The van der Waals surface area contributed by atoms with Crippen LogP contribution in [0.2, 0.25) is 0 Å². The number of aryl methyl sites for hydroxylation is 1. The second-order valence-electron chi connectivity index (χ2n) is 8.28. The Kier molecular flexibility index (Phi) is 7.68. The average molecular weight is 536 g/mol. The Hall–Kier alpha value is -3.42. The van der Waals surface area contributed by atoms with Crippen molar-refractivity contribution in [1.82, 2.24) is 4.90 Å². The van der Waals surface area contributed by atoms with Crippen LogP contribution in [0.1, 0.15) is 28.3 Å². The number of carbonyl (C=O) groups is 2. The number of hydrogen-bond acceptors (Lipinski definition) is 5. The fourth-order valence-corrected chi connectivity index (χ4v) is 4.35. The molecular weight excluding hydrogens is 510 g/mol. The Morgan fingerprint density at radius 3 is 2.34 bits per heavy atom. The second-order valence-corrected chi connectivity index (χ2v) is 9.19. The monoisotopic (exact) mass is 535 g/mol. The highest BCUT2D eigenvalue weighted by atomic mass is 79.9. The maximum atomic E-state index is 13.0. The lowest BCUT2D eigenvalue weighted by molar-refractivity contribution is -0.140. The van der Waals surface area contributed by atoms with Gasteiger partial charge in [-0.15, -0.1) is 0 Å². The summed E-state index contributed by atoms with van der Waals surface area (Å²) in [7, 11) is 1.54. The van der Waals surface area contributed by atoms with Crippen LogP contribution in [0.4, 0.5) is 0 Å². The molecule has 6 nitrogen and oxygen atoms in total. The van der Waals surface area contributed by atoms with E-state index in [0.29, 0.717) is 23.5 Å². The topological polar surface area (TPSA) is 76.1 Å². The number of nitrogens with zero attached hydrogens (tertiary/aromatic N) is 1. The SMILES string of the molecule is COCCN1C(=O)C(=O)/C(=C(\O)c2ccc(Br)cc2)C1c1ccc(OCc2ccccc2C)cc1. The summed E-state index contributed by atoms with van der Waals surface area (Å²) in [6.45, 7) is 2.95. The molecule has 1 saturated heterocycles. The standard InChI is InChI=1S/C28H26BrNO5/c1-18-5-3-4-6-21(18)17-35-23-13-9-19(10-14-23)25-24(26(31)20-7-11-22(29)12-8-20)27(32)28(33)30(25)15-16-34-2/h3-14,25,31H,15-17H2,1-2H3/b26-24-. The van der Waals surface area contributed by atoms with E-state index in [9.17, 15) is 14.7 Å². The molecular formula is C28H26BrNO5. The van der Waals surface area contributed by atoms with Crippen molar-refractivity contribution in [2.75, 3.05) is 20.3 Å². The van der Waals surface area contributed by atoms with Crippen molar-refractivity contribution in [2.24, 2.45) is 0 Å². The molecule has 1 atom stereocenters. The van der Waals surface area contributed by atoms with E-state index in [2.05, 4.69) is 15.9 Å². The lowest BCUT2D eigenvalue weighted by atomic mass is 9.95. The molecule has 1 unspecified atom stereocenters. The van der Waals surface area contributed by atoms with Crippen LogP contribution >= 0.6 is 15.9 Å². The number of halogens is 1. The van der Waals surface area contributed by atoms with Crippen LogP contribution in [0.3, 0.4) is 0 Å². The fraction of sp³-hybridized carbons (Fsp3) is 0.214. The molecule has 7 heteroatoms. The van der Waals surface area contributed by atoms with Gasteiger partial charge in [0.15, 0.2) is 0 Å². The number of methoxy groups -OCH3 is 1. The fourth-order valence-electron chi connectivity index (χ4n) is 4.09. The smallest absolute Gasteiger partial charge is 0.295 e. The molecule has 0 radical (unpaired) electrons. The molecule has 3 aromatic carbocycles. The lowest BCUT2D eigenvalue weighted by Gasteiger charge is -2.25. The first-order valence-electron chi connectivity index (χ1n) is 11.2. The number of aliphatic hydroxyl groups is 1. The van der Waals surface area contributed by atoms with Gasteiger partial charge in [-0.2, -0.15) is 0 Å². The van der Waals surface area contributed by atoms with E-state index in [1.54, 1.807) is 24.3 Å². The molecule has 4 rings (SSSR count). The van der Waals surface area contributed by atoms with Gasteiger partial charge < -0.3 is 19.5 Å². The number of ketones is 1. The third kappa shape index (κ3) is 5.31. The van der Waals surface area contributed by atoms with Crippen molar-refractivity contribution < 1.29 is 24.2 Å². The Balaban J connectivity index is 1.66. The Morgan fingerprint density at radius 2 is 1.69 bits per heavy atom. The first kappa shape index (κ1) is 24.7. The number of amides is 1. The van der Waals surface area contributed by atoms with E-state index in [4.69, 9.17) is 9.47 Å². The van der Waals surface area contributed by atoms with Gasteiger partial charge in [0.05, 0.1) is 18.2 Å². The molecule has 35 heavy (non-hydrogen) atoms. The number of Topliss-reactive ketones (excluding diaryl/α,β-unsaturated/α-hetero) is 1. The highest BCUT2D eigenvalue weighted by Gasteiger charge is 2.45. The summed E-state index contributed by atoms with van der Waals surface area (Å²) in [6, 6.07) is 21.5. The third-order valence-electron chi connectivity index (χ3n) is 6.05. The minimum atomic E-state index is -0.737. The highest BCUT2D eigenvalue weighted by Crippen LogP contribution is 2.39. The largest absolute Gasteiger partial charge is 0.507 e. The van der Waals surface area contributed by atoms with E-state index < -0.39 is 17.7 Å². The van der Waals surface area contributed by atoms with Crippen LogP contribution in [0, 0.1) is 6.92 Å². The number of carbonyl (C=O) groups excluding carboxylic acids is 2. The zero-order valence-electron chi connectivity index (χ0n) is 19.5. The Bertz CT molecular complexity index is 1250. The summed E-state index contributed by atoms with van der Waals surface area (Å²) >= 11 is 3.37. The van der Waals surface area contributed by atoms with Crippen molar-refractivity contribution in [2.45, 2.75) is 19.6 Å². The molecule has 3 aromatic rings. The summed E-state index contributed by atoms with van der Waals surface area (Å²) in [5, 5.41) is 11.1. The van der Waals surface area contributed by atoms with E-state index in [1.165, 1.54) is 12.0 Å². The first-order chi connectivity index (χ1) is 16.9. The van der Waals surface area contributed by atoms with E-state index in [1.807, 2.05) is 55.5 Å². The van der Waals surface area contributed by atoms with Crippen LogP contribution in [0.25, 0.3) is 5.76 Å². The molecule has 180 valence electrons. The van der Waals surface area contributed by atoms with Gasteiger partial charge in [-0.05, 0) is 47.9 Å². The van der Waals surface area contributed by atoms with Gasteiger partial charge >= 0.3 is 0 Å². The van der Waals surface area contributed by atoms with Crippen molar-refractivity contribution in [3.05, 3.63) is 105 Å². The maximum absolute atomic E-state index is 13.0. The molecule has 1 amide bonds. The first-order valence-corrected chi connectivity index (χ1v) is 12.0. The summed E-state index contributed by atoms with van der Waals surface area (Å²) in [4.78, 5) is 27.4. The van der Waals surface area contributed by atoms with Gasteiger partial charge in [0.25, 0.3) is 11.7 Å². The molecule has 0 spiro atoms. The minimum absolute atomic E-state index is 0.0574. The van der Waals surface area contributed by atoms with Gasteiger partial charge in [-0.25, -0.2) is 0 Å². The van der Waals surface area contributed by atoms with Gasteiger partial charge in [-0.1, -0.05) is 64.5 Å². The molecule has 1 aliphatic heterocycles. The number of rotatable bonds is 8. The zero-order valence-corrected chi connectivity index (χ0v) is 21.1. The van der Waals surface area contributed by atoms with Gasteiger partial charge in [0, 0.05) is 23.7 Å². The quantitative estimate of drug-likeness (QED) is 0.237. The van der Waals surface area contributed by atoms with Gasteiger partial charge in [0.2, 0.25) is 0 Å². The van der Waals surface area contributed by atoms with Crippen molar-refractivity contribution in [1.29, 1.82) is 0 Å². The summed E-state index contributed by atoms with van der Waals surface area (Å²) < 4.78 is 11.9. The van der Waals surface area contributed by atoms with Crippen molar-refractivity contribution in [3.8, 4) is 5.75 Å². The number of ether oxygens (including phenoxy) is 2. The summed E-state index contributed by atoms with van der Waals surface area (Å²) in [5.41, 5.74) is 3.46. The number of benzene rings is 3. The number of aliphatic hydroxyl groups excluding tert-OH is 1. The van der Waals surface area contributed by atoms with Gasteiger partial charge in [-0.3, -0.25) is 9.59 Å². The van der Waals surface area contributed by atoms with Crippen LogP contribution in [-0.2, 0) is 20.9 Å². The Labute approximate surface area is 212 Å². The predicted molar refractivity (Wildman–Crippen MR) is 137 cm³/mol. The lowest BCUT2D eigenvalue weighted by Crippen LogP contribution is -2.32. The average Bonchev–Trinajstić information content (AvgIpc) is 3.12. The molecule has 1 fully saturated rings.